The Bertz CT molecular complexity index is 1230. The van der Waals surface area contributed by atoms with Gasteiger partial charge in [0.15, 0.2) is 0 Å². The monoisotopic (exact) mass is 481 g/mol. The second-order valence-electron chi connectivity index (χ2n) is 9.33. The molecule has 5 rings (SSSR count). The lowest BCUT2D eigenvalue weighted by molar-refractivity contribution is -0.118. The third kappa shape index (κ3) is 4.14. The molecular weight excluding hydrogens is 450 g/mol. The van der Waals surface area contributed by atoms with Crippen molar-refractivity contribution in [1.29, 1.82) is 0 Å². The summed E-state index contributed by atoms with van der Waals surface area (Å²) in [5, 5.41) is 0. The molecule has 34 heavy (non-hydrogen) atoms. The van der Waals surface area contributed by atoms with Crippen molar-refractivity contribution in [3.05, 3.63) is 58.7 Å². The van der Waals surface area contributed by atoms with Crippen molar-refractivity contribution in [1.82, 2.24) is 9.21 Å². The molecule has 0 spiro atoms. The largest absolute Gasteiger partial charge is 0.336 e. The van der Waals surface area contributed by atoms with Gasteiger partial charge in [-0.25, -0.2) is 8.42 Å². The number of hydrogen-bond donors (Lipinski definition) is 0. The molecular formula is C26H31N3O4S. The number of nitrogens with zero attached hydrogens (tertiary/aromatic N) is 3. The molecule has 0 atom stereocenters. The van der Waals surface area contributed by atoms with Crippen LogP contribution in [0.15, 0.2) is 41.3 Å². The smallest absolute Gasteiger partial charge is 0.253 e. The number of carbonyl (C=O) groups excluding carboxylic acids is 2. The number of aryl methyl sites for hydroxylation is 2. The molecule has 8 heteroatoms. The summed E-state index contributed by atoms with van der Waals surface area (Å²) in [5.74, 6) is 0.00276. The van der Waals surface area contributed by atoms with Crippen LogP contribution in [-0.2, 0) is 34.1 Å². The average Bonchev–Trinajstić information content (AvgIpc) is 3.31. The summed E-state index contributed by atoms with van der Waals surface area (Å²) in [6.45, 7) is 3.80. The molecule has 1 aliphatic carbocycles. The van der Waals surface area contributed by atoms with Crippen molar-refractivity contribution >= 4 is 27.5 Å². The van der Waals surface area contributed by atoms with Crippen LogP contribution in [0.4, 0.5) is 5.69 Å². The third-order valence-corrected chi connectivity index (χ3v) is 9.20. The van der Waals surface area contributed by atoms with E-state index >= 15 is 0 Å². The van der Waals surface area contributed by atoms with Crippen molar-refractivity contribution < 1.29 is 18.0 Å². The first-order chi connectivity index (χ1) is 16.4. The number of sulfonamides is 1. The van der Waals surface area contributed by atoms with E-state index in [1.54, 1.807) is 21.9 Å². The summed E-state index contributed by atoms with van der Waals surface area (Å²) >= 11 is 0. The molecule has 1 fully saturated rings. The molecule has 0 N–H and O–H groups in total. The normalized spacial score (nSPS) is 18.5. The van der Waals surface area contributed by atoms with Gasteiger partial charge in [0.2, 0.25) is 15.9 Å². The highest BCUT2D eigenvalue weighted by molar-refractivity contribution is 7.89. The first-order valence-electron chi connectivity index (χ1n) is 12.2. The lowest BCUT2D eigenvalue weighted by Crippen LogP contribution is -2.50. The van der Waals surface area contributed by atoms with Crippen molar-refractivity contribution in [2.45, 2.75) is 50.3 Å². The van der Waals surface area contributed by atoms with Gasteiger partial charge in [0.1, 0.15) is 0 Å². The summed E-state index contributed by atoms with van der Waals surface area (Å²) in [6.07, 6.45) is 5.42. The standard InChI is InChI=1S/C26H31N3O4S/c1-2-25(30)29-12-11-21-17-22(8-10-24(21)29)26(31)27-13-15-28(16-14-27)34(32,33)23-9-7-19-5-3-4-6-20(19)18-23/h7-10,17-18H,2-6,11-16H2,1H3. The fourth-order valence-electron chi connectivity index (χ4n) is 5.32. The quantitative estimate of drug-likeness (QED) is 0.673. The average molecular weight is 482 g/mol. The number of fused-ring (bicyclic) bond motifs is 2. The van der Waals surface area contributed by atoms with Crippen LogP contribution in [0.25, 0.3) is 0 Å². The second kappa shape index (κ2) is 9.15. The van der Waals surface area contributed by atoms with E-state index in [0.717, 1.165) is 48.9 Å². The minimum Gasteiger partial charge on any atom is -0.336 e. The van der Waals surface area contributed by atoms with Crippen LogP contribution >= 0.6 is 0 Å². The molecule has 0 unspecified atom stereocenters. The summed E-state index contributed by atoms with van der Waals surface area (Å²) in [4.78, 5) is 29.1. The van der Waals surface area contributed by atoms with Gasteiger partial charge in [-0.15, -0.1) is 0 Å². The van der Waals surface area contributed by atoms with E-state index in [-0.39, 0.29) is 24.9 Å². The molecule has 2 heterocycles. The lowest BCUT2D eigenvalue weighted by Gasteiger charge is -2.34. The Hall–Kier alpha value is -2.71. The van der Waals surface area contributed by atoms with E-state index < -0.39 is 10.0 Å². The van der Waals surface area contributed by atoms with Gasteiger partial charge in [-0.3, -0.25) is 9.59 Å². The van der Waals surface area contributed by atoms with E-state index in [2.05, 4.69) is 0 Å². The molecule has 2 amide bonds. The predicted octanol–water partition coefficient (Wildman–Crippen LogP) is 3.01. The van der Waals surface area contributed by atoms with E-state index in [9.17, 15) is 18.0 Å². The lowest BCUT2D eigenvalue weighted by atomic mass is 9.92. The zero-order valence-electron chi connectivity index (χ0n) is 19.6. The van der Waals surface area contributed by atoms with E-state index in [0.29, 0.717) is 36.5 Å². The van der Waals surface area contributed by atoms with Gasteiger partial charge in [0.25, 0.3) is 5.91 Å². The van der Waals surface area contributed by atoms with Gasteiger partial charge in [-0.05, 0) is 79.1 Å². The molecule has 1 saturated heterocycles. The van der Waals surface area contributed by atoms with Crippen molar-refractivity contribution in [3.8, 4) is 0 Å². The highest BCUT2D eigenvalue weighted by Crippen LogP contribution is 2.30. The van der Waals surface area contributed by atoms with Crippen LogP contribution in [-0.4, -0.2) is 62.2 Å². The van der Waals surface area contributed by atoms with E-state index in [1.807, 2.05) is 31.2 Å². The van der Waals surface area contributed by atoms with E-state index in [4.69, 9.17) is 0 Å². The Morgan fingerprint density at radius 1 is 0.824 bits per heavy atom. The summed E-state index contributed by atoms with van der Waals surface area (Å²) in [6, 6.07) is 11.1. The molecule has 2 aromatic carbocycles. The zero-order valence-corrected chi connectivity index (χ0v) is 20.4. The Balaban J connectivity index is 1.26. The Morgan fingerprint density at radius 3 is 2.29 bits per heavy atom. The SMILES string of the molecule is CCC(=O)N1CCc2cc(C(=O)N3CCN(S(=O)(=O)c4ccc5c(c4)CCCC5)CC3)ccc21. The van der Waals surface area contributed by atoms with Gasteiger partial charge < -0.3 is 9.80 Å². The highest BCUT2D eigenvalue weighted by Gasteiger charge is 2.32. The molecule has 3 aliphatic rings. The van der Waals surface area contributed by atoms with Crippen LogP contribution < -0.4 is 4.90 Å². The fraction of sp³-hybridized carbons (Fsp3) is 0.462. The number of rotatable bonds is 4. The first-order valence-corrected chi connectivity index (χ1v) is 13.7. The van der Waals surface area contributed by atoms with Crippen LogP contribution in [0.3, 0.4) is 0 Å². The molecule has 0 aromatic heterocycles. The summed E-state index contributed by atoms with van der Waals surface area (Å²) in [7, 11) is -3.58. The molecule has 0 radical (unpaired) electrons. The highest BCUT2D eigenvalue weighted by atomic mass is 32.2. The number of benzene rings is 2. The number of carbonyl (C=O) groups is 2. The third-order valence-electron chi connectivity index (χ3n) is 7.31. The maximum Gasteiger partial charge on any atom is 0.253 e. The Kier molecular flexibility index (Phi) is 6.20. The van der Waals surface area contributed by atoms with Crippen LogP contribution in [0.5, 0.6) is 0 Å². The predicted molar refractivity (Wildman–Crippen MR) is 131 cm³/mol. The van der Waals surface area contributed by atoms with Gasteiger partial charge in [0.05, 0.1) is 4.90 Å². The van der Waals surface area contributed by atoms with Gasteiger partial charge >= 0.3 is 0 Å². The van der Waals surface area contributed by atoms with Crippen LogP contribution in [0.1, 0.15) is 53.2 Å². The minimum absolute atomic E-state index is 0.0890. The summed E-state index contributed by atoms with van der Waals surface area (Å²) < 4.78 is 28.0. The van der Waals surface area contributed by atoms with Gasteiger partial charge in [0, 0.05) is 50.4 Å². The maximum atomic E-state index is 13.2. The number of piperazine rings is 1. The van der Waals surface area contributed by atoms with Gasteiger partial charge in [-0.2, -0.15) is 4.31 Å². The first kappa shape index (κ1) is 23.1. The van der Waals surface area contributed by atoms with Crippen LogP contribution in [0, 0.1) is 0 Å². The molecule has 0 bridgehead atoms. The van der Waals surface area contributed by atoms with Crippen molar-refractivity contribution in [2.75, 3.05) is 37.6 Å². The number of amides is 2. The second-order valence-corrected chi connectivity index (χ2v) is 11.3. The van der Waals surface area contributed by atoms with E-state index in [1.165, 1.54) is 9.87 Å². The van der Waals surface area contributed by atoms with Crippen molar-refractivity contribution in [3.63, 3.8) is 0 Å². The zero-order chi connectivity index (χ0) is 23.9. The molecule has 180 valence electrons. The Morgan fingerprint density at radius 2 is 1.56 bits per heavy atom. The molecule has 2 aliphatic heterocycles. The number of hydrogen-bond acceptors (Lipinski definition) is 4. The number of anilines is 1. The minimum atomic E-state index is -3.58. The maximum absolute atomic E-state index is 13.2. The molecule has 2 aromatic rings. The Labute approximate surface area is 201 Å². The topological polar surface area (TPSA) is 78.0 Å². The van der Waals surface area contributed by atoms with Gasteiger partial charge in [-0.1, -0.05) is 13.0 Å². The summed E-state index contributed by atoms with van der Waals surface area (Å²) in [5.41, 5.74) is 4.91. The van der Waals surface area contributed by atoms with Crippen LogP contribution in [0.2, 0.25) is 0 Å². The fourth-order valence-corrected chi connectivity index (χ4v) is 6.79. The molecule has 0 saturated carbocycles. The molecule has 7 nitrogen and oxygen atoms in total. The van der Waals surface area contributed by atoms with Crippen molar-refractivity contribution in [2.24, 2.45) is 0 Å².